The van der Waals surface area contributed by atoms with E-state index in [9.17, 15) is 0 Å². The van der Waals surface area contributed by atoms with Crippen molar-refractivity contribution in [1.82, 2.24) is 10.6 Å². The van der Waals surface area contributed by atoms with Crippen molar-refractivity contribution in [3.8, 4) is 0 Å². The molecule has 1 spiro atoms. The Morgan fingerprint density at radius 2 is 1.93 bits per heavy atom. The Morgan fingerprint density at radius 3 is 2.66 bits per heavy atom. The van der Waals surface area contributed by atoms with Crippen molar-refractivity contribution < 1.29 is 9.47 Å². The summed E-state index contributed by atoms with van der Waals surface area (Å²) in [5, 5.41) is 7.42. The maximum absolute atomic E-state index is 6.20. The second-order valence-corrected chi connectivity index (χ2v) is 9.51. The van der Waals surface area contributed by atoms with E-state index in [0.717, 1.165) is 32.1 Å². The Hall–Kier alpha value is -1.59. The number of ether oxygens (including phenoxy) is 2. The number of aryl methyl sites for hydroxylation is 1. The van der Waals surface area contributed by atoms with Gasteiger partial charge in [0.05, 0.1) is 12.2 Å². The number of benzene rings is 1. The molecular weight excluding hydrogens is 362 g/mol. The van der Waals surface area contributed by atoms with Gasteiger partial charge in [-0.1, -0.05) is 36.2 Å². The van der Waals surface area contributed by atoms with Gasteiger partial charge in [-0.15, -0.1) is 0 Å². The maximum atomic E-state index is 6.20. The van der Waals surface area contributed by atoms with Crippen LogP contribution < -0.4 is 10.6 Å². The first-order valence-corrected chi connectivity index (χ1v) is 11.5. The number of nitrogens with zero attached hydrogens (tertiary/aromatic N) is 1. The van der Waals surface area contributed by atoms with E-state index in [4.69, 9.17) is 9.47 Å². The summed E-state index contributed by atoms with van der Waals surface area (Å²) >= 11 is 0. The monoisotopic (exact) mass is 397 g/mol. The van der Waals surface area contributed by atoms with Crippen LogP contribution in [0.15, 0.2) is 29.3 Å². The summed E-state index contributed by atoms with van der Waals surface area (Å²) in [5.41, 5.74) is 2.96. The lowest BCUT2D eigenvalue weighted by molar-refractivity contribution is -0.171. The molecule has 0 bridgehead atoms. The molecule has 2 aliphatic heterocycles. The normalized spacial score (nSPS) is 35.5. The minimum absolute atomic E-state index is 0.171. The molecule has 2 saturated heterocycles. The fourth-order valence-corrected chi connectivity index (χ4v) is 6.20. The Kier molecular flexibility index (Phi) is 5.29. The van der Waals surface area contributed by atoms with Crippen LogP contribution in [-0.2, 0) is 9.47 Å². The number of hydrogen-bond donors (Lipinski definition) is 2. The molecule has 29 heavy (non-hydrogen) atoms. The van der Waals surface area contributed by atoms with Gasteiger partial charge < -0.3 is 20.1 Å². The van der Waals surface area contributed by atoms with Crippen LogP contribution in [-0.4, -0.2) is 44.9 Å². The van der Waals surface area contributed by atoms with Gasteiger partial charge >= 0.3 is 0 Å². The molecule has 5 atom stereocenters. The van der Waals surface area contributed by atoms with Crippen molar-refractivity contribution in [3.05, 3.63) is 35.4 Å². The number of guanidine groups is 1. The molecule has 0 radical (unpaired) electrons. The van der Waals surface area contributed by atoms with Crippen molar-refractivity contribution >= 4 is 5.96 Å². The third-order valence-electron chi connectivity index (χ3n) is 7.93. The molecule has 2 heterocycles. The highest BCUT2D eigenvalue weighted by Crippen LogP contribution is 2.62. The highest BCUT2D eigenvalue weighted by Gasteiger charge is 2.66. The van der Waals surface area contributed by atoms with E-state index in [0.29, 0.717) is 29.4 Å². The molecule has 5 nitrogen and oxygen atoms in total. The van der Waals surface area contributed by atoms with Crippen LogP contribution in [0.4, 0.5) is 0 Å². The van der Waals surface area contributed by atoms with Crippen molar-refractivity contribution in [2.45, 2.75) is 63.7 Å². The predicted molar refractivity (Wildman–Crippen MR) is 115 cm³/mol. The van der Waals surface area contributed by atoms with E-state index in [1.54, 1.807) is 0 Å². The summed E-state index contributed by atoms with van der Waals surface area (Å²) < 4.78 is 12.3. The van der Waals surface area contributed by atoms with E-state index < -0.39 is 0 Å². The molecule has 2 saturated carbocycles. The van der Waals surface area contributed by atoms with Crippen molar-refractivity contribution in [2.24, 2.45) is 22.2 Å². The van der Waals surface area contributed by atoms with Crippen LogP contribution >= 0.6 is 0 Å². The molecule has 4 aliphatic rings. The molecule has 0 amide bonds. The first-order valence-electron chi connectivity index (χ1n) is 11.5. The SMILES string of the molecule is CN=C(NCC1CCCOC1c1ccc(C)cc1)NC1C2CCOC2C12CCC2. The average molecular weight is 398 g/mol. The Bertz CT molecular complexity index is 743. The van der Waals surface area contributed by atoms with Crippen LogP contribution in [0.3, 0.4) is 0 Å². The summed E-state index contributed by atoms with van der Waals surface area (Å²) in [7, 11) is 1.89. The number of fused-ring (bicyclic) bond motifs is 2. The summed E-state index contributed by atoms with van der Waals surface area (Å²) in [6.07, 6.45) is 8.11. The summed E-state index contributed by atoms with van der Waals surface area (Å²) in [6.45, 7) is 4.81. The molecule has 0 aromatic heterocycles. The zero-order chi connectivity index (χ0) is 19.8. The minimum atomic E-state index is 0.171. The first kappa shape index (κ1) is 19.4. The molecule has 5 rings (SSSR count). The predicted octanol–water partition coefficient (Wildman–Crippen LogP) is 3.59. The van der Waals surface area contributed by atoms with Crippen LogP contribution in [0.2, 0.25) is 0 Å². The van der Waals surface area contributed by atoms with Crippen molar-refractivity contribution in [3.63, 3.8) is 0 Å². The van der Waals surface area contributed by atoms with Gasteiger partial charge in [0.25, 0.3) is 0 Å². The third-order valence-corrected chi connectivity index (χ3v) is 7.93. The minimum Gasteiger partial charge on any atom is -0.377 e. The van der Waals surface area contributed by atoms with Gasteiger partial charge in [0.1, 0.15) is 0 Å². The molecule has 1 aromatic rings. The highest BCUT2D eigenvalue weighted by atomic mass is 16.5. The van der Waals surface area contributed by atoms with E-state index in [-0.39, 0.29) is 6.10 Å². The number of aliphatic imine (C=N–C) groups is 1. The number of rotatable bonds is 4. The third kappa shape index (κ3) is 3.36. The molecule has 1 aromatic carbocycles. The molecule has 2 aliphatic carbocycles. The largest absolute Gasteiger partial charge is 0.377 e. The van der Waals surface area contributed by atoms with E-state index in [1.165, 1.54) is 43.2 Å². The van der Waals surface area contributed by atoms with Crippen LogP contribution in [0.1, 0.15) is 55.8 Å². The number of hydrogen-bond acceptors (Lipinski definition) is 3. The van der Waals surface area contributed by atoms with Gasteiger partial charge in [-0.2, -0.15) is 0 Å². The lowest BCUT2D eigenvalue weighted by atomic mass is 9.46. The highest BCUT2D eigenvalue weighted by molar-refractivity contribution is 5.80. The summed E-state index contributed by atoms with van der Waals surface area (Å²) in [4.78, 5) is 4.55. The molecular formula is C24H35N3O2. The van der Waals surface area contributed by atoms with E-state index in [1.807, 2.05) is 7.05 Å². The van der Waals surface area contributed by atoms with Gasteiger partial charge in [-0.05, 0) is 44.6 Å². The maximum Gasteiger partial charge on any atom is 0.191 e. The average Bonchev–Trinajstić information content (AvgIpc) is 3.13. The quantitative estimate of drug-likeness (QED) is 0.602. The standard InChI is InChI=1S/C24H35N3O2/c1-16-6-8-17(9-7-16)20-18(5-3-13-28-20)15-26-23(25-2)27-21-19-10-14-29-22(19)24(21)11-4-12-24/h6-9,18-22H,3-5,10-15H2,1-2H3,(H2,25,26,27). The lowest BCUT2D eigenvalue weighted by Gasteiger charge is -2.63. The zero-order valence-corrected chi connectivity index (χ0v) is 17.8. The summed E-state index contributed by atoms with van der Waals surface area (Å²) in [5.74, 6) is 2.07. The first-order chi connectivity index (χ1) is 14.2. The summed E-state index contributed by atoms with van der Waals surface area (Å²) in [6, 6.07) is 9.34. The fraction of sp³-hybridized carbons (Fsp3) is 0.708. The van der Waals surface area contributed by atoms with Crippen LogP contribution in [0.25, 0.3) is 0 Å². The van der Waals surface area contributed by atoms with Gasteiger partial charge in [0.15, 0.2) is 5.96 Å². The van der Waals surface area contributed by atoms with Gasteiger partial charge in [0, 0.05) is 50.1 Å². The Balaban J connectivity index is 1.21. The smallest absolute Gasteiger partial charge is 0.191 e. The Morgan fingerprint density at radius 1 is 1.10 bits per heavy atom. The Labute approximate surface area is 174 Å². The molecule has 158 valence electrons. The van der Waals surface area contributed by atoms with Crippen LogP contribution in [0, 0.1) is 24.2 Å². The zero-order valence-electron chi connectivity index (χ0n) is 17.8. The molecule has 2 N–H and O–H groups in total. The van der Waals surface area contributed by atoms with Gasteiger partial charge in [0.2, 0.25) is 0 Å². The van der Waals surface area contributed by atoms with Crippen molar-refractivity contribution in [2.75, 3.05) is 26.8 Å². The second-order valence-electron chi connectivity index (χ2n) is 9.51. The second kappa shape index (κ2) is 7.92. The molecule has 5 heteroatoms. The van der Waals surface area contributed by atoms with Crippen LogP contribution in [0.5, 0.6) is 0 Å². The number of nitrogens with one attached hydrogen (secondary N) is 2. The fourth-order valence-electron chi connectivity index (χ4n) is 6.20. The van der Waals surface area contributed by atoms with E-state index in [2.05, 4.69) is 46.8 Å². The van der Waals surface area contributed by atoms with Crippen molar-refractivity contribution in [1.29, 1.82) is 0 Å². The van der Waals surface area contributed by atoms with Gasteiger partial charge in [-0.3, -0.25) is 4.99 Å². The van der Waals surface area contributed by atoms with Gasteiger partial charge in [-0.25, -0.2) is 0 Å². The topological polar surface area (TPSA) is 54.9 Å². The lowest BCUT2D eigenvalue weighted by Crippen LogP contribution is -2.72. The molecule has 4 fully saturated rings. The van der Waals surface area contributed by atoms with E-state index >= 15 is 0 Å². The molecule has 5 unspecified atom stereocenters.